The number of methoxy groups -OCH3 is 1. The Balaban J connectivity index is 1.44. The fourth-order valence-corrected chi connectivity index (χ4v) is 5.76. The first-order chi connectivity index (χ1) is 15.2. The lowest BCUT2D eigenvalue weighted by molar-refractivity contribution is 0.270. The summed E-state index contributed by atoms with van der Waals surface area (Å²) >= 11 is 0. The molecular formula is C21H23N3O6S2. The highest BCUT2D eigenvalue weighted by Gasteiger charge is 2.32. The predicted octanol–water partition coefficient (Wildman–Crippen LogP) is 2.72. The second kappa shape index (κ2) is 8.64. The molecule has 11 heteroatoms. The Hall–Kier alpha value is -2.76. The molecule has 1 aliphatic rings. The fraction of sp³-hybridized carbons (Fsp3) is 0.333. The maximum Gasteiger partial charge on any atom is 0.243 e. The van der Waals surface area contributed by atoms with E-state index in [1.165, 1.54) is 29.6 Å². The number of ether oxygens (including phenoxy) is 1. The summed E-state index contributed by atoms with van der Waals surface area (Å²) in [5.41, 5.74) is 0.644. The van der Waals surface area contributed by atoms with Crippen molar-refractivity contribution in [1.29, 1.82) is 0 Å². The fourth-order valence-electron chi connectivity index (χ4n) is 3.62. The highest BCUT2D eigenvalue weighted by Crippen LogP contribution is 2.31. The van der Waals surface area contributed by atoms with Gasteiger partial charge in [-0.15, -0.1) is 0 Å². The first-order valence-electron chi connectivity index (χ1n) is 9.97. The van der Waals surface area contributed by atoms with E-state index >= 15 is 0 Å². The topological polar surface area (TPSA) is 120 Å². The van der Waals surface area contributed by atoms with Crippen LogP contribution in [0.2, 0.25) is 0 Å². The van der Waals surface area contributed by atoms with Crippen molar-refractivity contribution < 1.29 is 26.1 Å². The molecule has 0 radical (unpaired) electrons. The standard InChI is InChI=1S/C21H23N3O6S2/c1-29-17-4-3-5-19(14-17)32(27,28)24-12-10-16(11-13-24)21-22-20(23-30-21)15-6-8-18(9-7-15)31(2,25)26/h3-9,14,16H,10-13H2,1-2H3. The number of sulfone groups is 1. The lowest BCUT2D eigenvalue weighted by Gasteiger charge is -2.29. The average molecular weight is 478 g/mol. The van der Waals surface area contributed by atoms with E-state index in [0.717, 1.165) is 6.26 Å². The van der Waals surface area contributed by atoms with Gasteiger partial charge in [-0.2, -0.15) is 9.29 Å². The van der Waals surface area contributed by atoms with Crippen LogP contribution >= 0.6 is 0 Å². The molecule has 3 aromatic rings. The largest absolute Gasteiger partial charge is 0.497 e. The molecule has 1 aliphatic heterocycles. The Kier molecular flexibility index (Phi) is 6.06. The first kappa shape index (κ1) is 22.4. The van der Waals surface area contributed by atoms with Gasteiger partial charge < -0.3 is 9.26 Å². The second-order valence-electron chi connectivity index (χ2n) is 7.61. The zero-order valence-corrected chi connectivity index (χ0v) is 19.3. The van der Waals surface area contributed by atoms with Crippen molar-refractivity contribution in [2.75, 3.05) is 26.5 Å². The monoisotopic (exact) mass is 477 g/mol. The molecule has 2 heterocycles. The number of benzene rings is 2. The van der Waals surface area contributed by atoms with Gasteiger partial charge in [0.2, 0.25) is 21.7 Å². The van der Waals surface area contributed by atoms with Crippen LogP contribution in [0.4, 0.5) is 0 Å². The zero-order chi connectivity index (χ0) is 22.9. The van der Waals surface area contributed by atoms with Crippen LogP contribution < -0.4 is 4.74 Å². The van der Waals surface area contributed by atoms with Crippen LogP contribution in [0.1, 0.15) is 24.7 Å². The van der Waals surface area contributed by atoms with Gasteiger partial charge in [-0.25, -0.2) is 16.8 Å². The maximum atomic E-state index is 13.0. The van der Waals surface area contributed by atoms with Crippen molar-refractivity contribution in [3.8, 4) is 17.1 Å². The third kappa shape index (κ3) is 4.54. The maximum absolute atomic E-state index is 13.0. The number of rotatable bonds is 6. The van der Waals surface area contributed by atoms with Crippen molar-refractivity contribution in [3.05, 3.63) is 54.4 Å². The Morgan fingerprint density at radius 1 is 1.00 bits per heavy atom. The molecule has 0 N–H and O–H groups in total. The van der Waals surface area contributed by atoms with Crippen molar-refractivity contribution in [2.24, 2.45) is 0 Å². The third-order valence-electron chi connectivity index (χ3n) is 5.46. The first-order valence-corrected chi connectivity index (χ1v) is 13.3. The summed E-state index contributed by atoms with van der Waals surface area (Å²) in [6.07, 6.45) is 2.25. The molecule has 0 bridgehead atoms. The lowest BCUT2D eigenvalue weighted by Crippen LogP contribution is -2.37. The minimum atomic E-state index is -3.62. The highest BCUT2D eigenvalue weighted by molar-refractivity contribution is 7.90. The van der Waals surface area contributed by atoms with Gasteiger partial charge in [0.15, 0.2) is 9.84 Å². The summed E-state index contributed by atoms with van der Waals surface area (Å²) in [6, 6.07) is 12.7. The van der Waals surface area contributed by atoms with Crippen molar-refractivity contribution in [2.45, 2.75) is 28.6 Å². The van der Waals surface area contributed by atoms with E-state index in [2.05, 4.69) is 10.1 Å². The van der Waals surface area contributed by atoms with E-state index in [1.807, 2.05) is 0 Å². The number of aromatic nitrogens is 2. The zero-order valence-electron chi connectivity index (χ0n) is 17.6. The van der Waals surface area contributed by atoms with Gasteiger partial charge in [-0.05, 0) is 49.2 Å². The quantitative estimate of drug-likeness (QED) is 0.531. The highest BCUT2D eigenvalue weighted by atomic mass is 32.2. The number of sulfonamides is 1. The summed E-state index contributed by atoms with van der Waals surface area (Å²) in [7, 11) is -5.40. The van der Waals surface area contributed by atoms with Gasteiger partial charge in [0.05, 0.1) is 16.9 Å². The molecule has 1 saturated heterocycles. The molecule has 0 amide bonds. The van der Waals surface area contributed by atoms with E-state index in [-0.39, 0.29) is 15.7 Å². The van der Waals surface area contributed by atoms with Gasteiger partial charge in [0, 0.05) is 36.9 Å². The third-order valence-corrected chi connectivity index (χ3v) is 8.49. The van der Waals surface area contributed by atoms with Gasteiger partial charge in [-0.1, -0.05) is 11.2 Å². The molecule has 2 aromatic carbocycles. The predicted molar refractivity (Wildman–Crippen MR) is 117 cm³/mol. The molecule has 4 rings (SSSR count). The Bertz CT molecular complexity index is 1310. The summed E-state index contributed by atoms with van der Waals surface area (Å²) in [5.74, 6) is 1.25. The minimum absolute atomic E-state index is 0.0525. The van der Waals surface area contributed by atoms with E-state index in [0.29, 0.717) is 49.0 Å². The SMILES string of the molecule is COc1cccc(S(=O)(=O)N2CCC(c3nc(-c4ccc(S(C)(=O)=O)cc4)no3)CC2)c1. The van der Waals surface area contributed by atoms with E-state index in [9.17, 15) is 16.8 Å². The van der Waals surface area contributed by atoms with Crippen LogP contribution in [0.15, 0.2) is 62.8 Å². The second-order valence-corrected chi connectivity index (χ2v) is 11.6. The summed E-state index contributed by atoms with van der Waals surface area (Å²) in [6.45, 7) is 0.677. The van der Waals surface area contributed by atoms with Crippen LogP contribution in [0.5, 0.6) is 5.75 Å². The molecule has 0 aliphatic carbocycles. The van der Waals surface area contributed by atoms with Crippen molar-refractivity contribution in [1.82, 2.24) is 14.4 Å². The Morgan fingerprint density at radius 3 is 2.31 bits per heavy atom. The van der Waals surface area contributed by atoms with Gasteiger partial charge >= 0.3 is 0 Å². The smallest absolute Gasteiger partial charge is 0.243 e. The molecule has 1 aromatic heterocycles. The average Bonchev–Trinajstić information content (AvgIpc) is 3.29. The normalized spacial score (nSPS) is 16.2. The Labute approximate surface area is 187 Å². The van der Waals surface area contributed by atoms with Gasteiger partial charge in [0.25, 0.3) is 0 Å². The summed E-state index contributed by atoms with van der Waals surface area (Å²) < 4.78 is 61.2. The van der Waals surface area contributed by atoms with Crippen LogP contribution in [-0.4, -0.2) is 57.7 Å². The molecule has 0 unspecified atom stereocenters. The number of nitrogens with zero attached hydrogens (tertiary/aromatic N) is 3. The molecule has 0 spiro atoms. The van der Waals surface area contributed by atoms with Crippen LogP contribution in [0.3, 0.4) is 0 Å². The van der Waals surface area contributed by atoms with Crippen LogP contribution in [-0.2, 0) is 19.9 Å². The number of hydrogen-bond donors (Lipinski definition) is 0. The summed E-state index contributed by atoms with van der Waals surface area (Å²) in [4.78, 5) is 4.87. The van der Waals surface area contributed by atoms with Gasteiger partial charge in [-0.3, -0.25) is 0 Å². The molecule has 32 heavy (non-hydrogen) atoms. The van der Waals surface area contributed by atoms with E-state index in [1.54, 1.807) is 30.3 Å². The number of hydrogen-bond acceptors (Lipinski definition) is 8. The van der Waals surface area contributed by atoms with Gasteiger partial charge in [0.1, 0.15) is 5.75 Å². The minimum Gasteiger partial charge on any atom is -0.497 e. The molecule has 0 saturated carbocycles. The molecule has 1 fully saturated rings. The molecule has 9 nitrogen and oxygen atoms in total. The van der Waals surface area contributed by atoms with Crippen molar-refractivity contribution >= 4 is 19.9 Å². The molecular weight excluding hydrogens is 454 g/mol. The van der Waals surface area contributed by atoms with Crippen LogP contribution in [0.25, 0.3) is 11.4 Å². The lowest BCUT2D eigenvalue weighted by atomic mass is 9.98. The van der Waals surface area contributed by atoms with Crippen LogP contribution in [0, 0.1) is 0 Å². The van der Waals surface area contributed by atoms with E-state index in [4.69, 9.17) is 9.26 Å². The Morgan fingerprint density at radius 2 is 1.69 bits per heavy atom. The van der Waals surface area contributed by atoms with Crippen molar-refractivity contribution in [3.63, 3.8) is 0 Å². The molecule has 0 atom stereocenters. The van der Waals surface area contributed by atoms with E-state index < -0.39 is 19.9 Å². The number of piperidine rings is 1. The summed E-state index contributed by atoms with van der Waals surface area (Å²) in [5, 5.41) is 4.01. The molecule has 170 valence electrons.